The normalized spacial score (nSPS) is 11.9. The highest BCUT2D eigenvalue weighted by Gasteiger charge is 1.93. The monoisotopic (exact) mass is 207 g/mol. The molecular weight excluding hydrogens is 190 g/mol. The molecule has 0 rings (SSSR count). The van der Waals surface area contributed by atoms with Gasteiger partial charge in [-0.3, -0.25) is 0 Å². The van der Waals surface area contributed by atoms with Gasteiger partial charge in [-0.25, -0.2) is 0 Å². The summed E-state index contributed by atoms with van der Waals surface area (Å²) in [7, 11) is 1.67. The topological polar surface area (TPSA) is 82.9 Å². The van der Waals surface area contributed by atoms with Gasteiger partial charge < -0.3 is 21.1 Å². The van der Waals surface area contributed by atoms with Crippen molar-refractivity contribution in [3.8, 4) is 0 Å². The van der Waals surface area contributed by atoms with Crippen molar-refractivity contribution in [2.75, 3.05) is 32.7 Å². The van der Waals surface area contributed by atoms with E-state index in [1.54, 1.807) is 7.11 Å². The summed E-state index contributed by atoms with van der Waals surface area (Å²) in [6.45, 7) is 2.11. The van der Waals surface area contributed by atoms with Crippen molar-refractivity contribution in [1.82, 2.24) is 0 Å². The van der Waals surface area contributed by atoms with Gasteiger partial charge in [-0.2, -0.15) is 5.10 Å². The van der Waals surface area contributed by atoms with Gasteiger partial charge in [0.15, 0.2) is 5.17 Å². The molecule has 0 saturated carbocycles. The highest BCUT2D eigenvalue weighted by atomic mass is 32.2. The molecule has 0 aliphatic rings. The molecule has 0 heterocycles. The van der Waals surface area contributed by atoms with Crippen molar-refractivity contribution in [3.63, 3.8) is 0 Å². The van der Waals surface area contributed by atoms with Crippen LogP contribution in [0.5, 0.6) is 0 Å². The van der Waals surface area contributed by atoms with Gasteiger partial charge in [0, 0.05) is 26.1 Å². The van der Waals surface area contributed by atoms with Crippen LogP contribution in [-0.4, -0.2) is 37.9 Å². The number of amidine groups is 1. The Morgan fingerprint density at radius 2 is 2.15 bits per heavy atom. The van der Waals surface area contributed by atoms with Crippen LogP contribution in [0.25, 0.3) is 0 Å². The minimum Gasteiger partial charge on any atom is -0.385 e. The summed E-state index contributed by atoms with van der Waals surface area (Å²) >= 11 is 1.39. The van der Waals surface area contributed by atoms with E-state index in [-0.39, 0.29) is 0 Å². The fraction of sp³-hybridized carbons (Fsp3) is 0.857. The van der Waals surface area contributed by atoms with Gasteiger partial charge in [-0.1, -0.05) is 11.8 Å². The maximum absolute atomic E-state index is 5.35. The number of nitrogens with two attached hydrogens (primary N) is 2. The molecule has 0 aromatic rings. The van der Waals surface area contributed by atoms with Gasteiger partial charge in [0.1, 0.15) is 0 Å². The van der Waals surface area contributed by atoms with Crippen LogP contribution in [-0.2, 0) is 9.47 Å². The highest BCUT2D eigenvalue weighted by molar-refractivity contribution is 8.13. The van der Waals surface area contributed by atoms with E-state index in [9.17, 15) is 0 Å². The minimum absolute atomic E-state index is 0.389. The minimum atomic E-state index is 0.389. The SMILES string of the molecule is COCCCOCCSC(N)=NN. The van der Waals surface area contributed by atoms with Crippen LogP contribution in [0.3, 0.4) is 0 Å². The van der Waals surface area contributed by atoms with Crippen LogP contribution >= 0.6 is 11.8 Å². The van der Waals surface area contributed by atoms with Crippen LogP contribution in [0.2, 0.25) is 0 Å². The lowest BCUT2D eigenvalue weighted by atomic mass is 10.5. The Morgan fingerprint density at radius 3 is 2.77 bits per heavy atom. The van der Waals surface area contributed by atoms with E-state index in [1.807, 2.05) is 0 Å². The molecule has 0 aliphatic heterocycles. The number of hydrogen-bond donors (Lipinski definition) is 2. The molecule has 0 atom stereocenters. The first-order valence-corrected chi connectivity index (χ1v) is 5.02. The van der Waals surface area contributed by atoms with E-state index in [0.717, 1.165) is 18.8 Å². The maximum Gasteiger partial charge on any atom is 0.177 e. The molecular formula is C7H17N3O2S. The first-order valence-electron chi connectivity index (χ1n) is 4.04. The average Bonchev–Trinajstić information content (AvgIpc) is 2.16. The zero-order chi connectivity index (χ0) is 9.94. The Kier molecular flexibility index (Phi) is 9.29. The molecule has 0 unspecified atom stereocenters. The number of nitrogens with zero attached hydrogens (tertiary/aromatic N) is 1. The Morgan fingerprint density at radius 1 is 1.38 bits per heavy atom. The molecule has 5 nitrogen and oxygen atoms in total. The third-order valence-electron chi connectivity index (χ3n) is 1.24. The van der Waals surface area contributed by atoms with Crippen LogP contribution in [0, 0.1) is 0 Å². The summed E-state index contributed by atoms with van der Waals surface area (Å²) in [5.74, 6) is 5.71. The number of hydrogen-bond acceptors (Lipinski definition) is 5. The second-order valence-electron chi connectivity index (χ2n) is 2.27. The summed E-state index contributed by atoms with van der Waals surface area (Å²) in [6, 6.07) is 0. The molecule has 0 radical (unpaired) electrons. The number of rotatable bonds is 7. The molecule has 78 valence electrons. The van der Waals surface area contributed by atoms with Gasteiger partial charge in [0.05, 0.1) is 6.61 Å². The lowest BCUT2D eigenvalue weighted by Crippen LogP contribution is -2.11. The first-order chi connectivity index (χ1) is 6.31. The third-order valence-corrected chi connectivity index (χ3v) is 2.01. The van der Waals surface area contributed by atoms with E-state index in [4.69, 9.17) is 21.1 Å². The Balaban J connectivity index is 3.00. The van der Waals surface area contributed by atoms with Gasteiger partial charge in [0.25, 0.3) is 0 Å². The van der Waals surface area contributed by atoms with Crippen molar-refractivity contribution in [2.24, 2.45) is 16.7 Å². The molecule has 0 aliphatic carbocycles. The fourth-order valence-corrected chi connectivity index (χ4v) is 1.13. The van der Waals surface area contributed by atoms with Crippen molar-refractivity contribution in [3.05, 3.63) is 0 Å². The van der Waals surface area contributed by atoms with Crippen molar-refractivity contribution < 1.29 is 9.47 Å². The zero-order valence-electron chi connectivity index (χ0n) is 7.86. The standard InChI is InChI=1S/C7H17N3O2S/c1-11-3-2-4-12-5-6-13-7(8)10-9/h2-6,9H2,1H3,(H2,8,10). The number of ether oxygens (including phenoxy) is 2. The largest absolute Gasteiger partial charge is 0.385 e. The molecule has 0 saturated heterocycles. The van der Waals surface area contributed by atoms with E-state index < -0.39 is 0 Å². The molecule has 0 aromatic heterocycles. The number of methoxy groups -OCH3 is 1. The van der Waals surface area contributed by atoms with Gasteiger partial charge >= 0.3 is 0 Å². The van der Waals surface area contributed by atoms with Crippen molar-refractivity contribution in [1.29, 1.82) is 0 Å². The van der Waals surface area contributed by atoms with Crippen LogP contribution < -0.4 is 11.6 Å². The average molecular weight is 207 g/mol. The molecule has 13 heavy (non-hydrogen) atoms. The predicted octanol–water partition coefficient (Wildman–Crippen LogP) is -0.0389. The lowest BCUT2D eigenvalue weighted by Gasteiger charge is -2.02. The Bertz CT molecular complexity index is 144. The molecule has 0 spiro atoms. The maximum atomic E-state index is 5.35. The van der Waals surface area contributed by atoms with Gasteiger partial charge in [-0.15, -0.1) is 0 Å². The smallest absolute Gasteiger partial charge is 0.177 e. The molecule has 4 N–H and O–H groups in total. The molecule has 0 bridgehead atoms. The zero-order valence-corrected chi connectivity index (χ0v) is 8.68. The van der Waals surface area contributed by atoms with E-state index in [0.29, 0.717) is 18.4 Å². The molecule has 6 heteroatoms. The van der Waals surface area contributed by atoms with Crippen LogP contribution in [0.1, 0.15) is 6.42 Å². The summed E-state index contributed by atoms with van der Waals surface area (Å²) in [5, 5.41) is 3.71. The summed E-state index contributed by atoms with van der Waals surface area (Å²) in [5.41, 5.74) is 5.35. The molecule has 0 aromatic carbocycles. The van der Waals surface area contributed by atoms with E-state index >= 15 is 0 Å². The third kappa shape index (κ3) is 9.45. The lowest BCUT2D eigenvalue weighted by molar-refractivity contribution is 0.113. The Labute approximate surface area is 82.8 Å². The first kappa shape index (κ1) is 12.5. The Hall–Kier alpha value is -0.460. The second kappa shape index (κ2) is 9.63. The quantitative estimate of drug-likeness (QED) is 0.201. The van der Waals surface area contributed by atoms with Crippen molar-refractivity contribution >= 4 is 16.9 Å². The van der Waals surface area contributed by atoms with Crippen molar-refractivity contribution in [2.45, 2.75) is 6.42 Å². The van der Waals surface area contributed by atoms with Gasteiger partial charge in [0.2, 0.25) is 0 Å². The highest BCUT2D eigenvalue weighted by Crippen LogP contribution is 1.98. The molecule has 0 fully saturated rings. The second-order valence-corrected chi connectivity index (χ2v) is 3.39. The van der Waals surface area contributed by atoms with E-state index in [2.05, 4.69) is 5.10 Å². The summed E-state index contributed by atoms with van der Waals surface area (Å²) < 4.78 is 10.1. The van der Waals surface area contributed by atoms with E-state index in [1.165, 1.54) is 11.8 Å². The predicted molar refractivity (Wildman–Crippen MR) is 55.6 cm³/mol. The fourth-order valence-electron chi connectivity index (χ4n) is 0.650. The van der Waals surface area contributed by atoms with Crippen LogP contribution in [0.4, 0.5) is 0 Å². The number of thioether (sulfide) groups is 1. The summed E-state index contributed by atoms with van der Waals surface area (Å²) in [4.78, 5) is 0. The van der Waals surface area contributed by atoms with Crippen LogP contribution in [0.15, 0.2) is 5.10 Å². The summed E-state index contributed by atoms with van der Waals surface area (Å²) in [6.07, 6.45) is 0.918. The molecule has 0 amide bonds. The number of hydrazone groups is 1. The van der Waals surface area contributed by atoms with Gasteiger partial charge in [-0.05, 0) is 6.42 Å².